The van der Waals surface area contributed by atoms with Crippen molar-refractivity contribution in [3.63, 3.8) is 0 Å². The zero-order valence-electron chi connectivity index (χ0n) is 13.2. The maximum absolute atomic E-state index is 11.7. The van der Waals surface area contributed by atoms with Crippen molar-refractivity contribution < 1.29 is 5.11 Å². The molecule has 1 heterocycles. The minimum atomic E-state index is -1.52. The van der Waals surface area contributed by atoms with E-state index in [0.29, 0.717) is 26.7 Å². The molecular weight excluding hydrogens is 379 g/mol. The lowest BCUT2D eigenvalue weighted by molar-refractivity contribution is 0.0809. The minimum absolute atomic E-state index is 0.164. The van der Waals surface area contributed by atoms with Crippen molar-refractivity contribution in [3.05, 3.63) is 94.0 Å². The number of hydrogen-bond acceptors (Lipinski definition) is 2. The van der Waals surface area contributed by atoms with Crippen LogP contribution in [0.25, 0.3) is 5.57 Å². The molecule has 1 unspecified atom stereocenters. The van der Waals surface area contributed by atoms with Gasteiger partial charge in [0.15, 0.2) is 0 Å². The van der Waals surface area contributed by atoms with Gasteiger partial charge in [-0.3, -0.25) is 0 Å². The van der Waals surface area contributed by atoms with Crippen molar-refractivity contribution in [3.8, 4) is 0 Å². The lowest BCUT2D eigenvalue weighted by Gasteiger charge is -2.33. The first-order valence-electron chi connectivity index (χ1n) is 7.50. The van der Waals surface area contributed by atoms with Crippen molar-refractivity contribution in [2.75, 3.05) is 0 Å². The predicted octanol–water partition coefficient (Wildman–Crippen LogP) is 5.44. The molecule has 3 nitrogen and oxygen atoms in total. The van der Waals surface area contributed by atoms with Crippen LogP contribution in [0, 0.1) is 0 Å². The standard InChI is InChI=1S/C19H15Cl3N2O/c1-13(14-5-2-3-7-16(14)20)19(25,11-24-10-9-23-12-24)15-6-4-8-17(21)18(15)22/h2-10,12,25H,1,11H2. The van der Waals surface area contributed by atoms with E-state index < -0.39 is 5.60 Å². The molecule has 25 heavy (non-hydrogen) atoms. The van der Waals surface area contributed by atoms with E-state index in [1.165, 1.54) is 0 Å². The molecule has 0 spiro atoms. The number of rotatable bonds is 5. The molecule has 0 aliphatic rings. The van der Waals surface area contributed by atoms with Crippen LogP contribution in [0.15, 0.2) is 67.8 Å². The third kappa shape index (κ3) is 3.46. The number of imidazole rings is 1. The highest BCUT2D eigenvalue weighted by Crippen LogP contribution is 2.43. The van der Waals surface area contributed by atoms with Crippen LogP contribution < -0.4 is 0 Å². The summed E-state index contributed by atoms with van der Waals surface area (Å²) in [6, 6.07) is 12.4. The van der Waals surface area contributed by atoms with E-state index in [-0.39, 0.29) is 11.6 Å². The quantitative estimate of drug-likeness (QED) is 0.626. The van der Waals surface area contributed by atoms with Gasteiger partial charge >= 0.3 is 0 Å². The number of nitrogens with zero attached hydrogens (tertiary/aromatic N) is 2. The van der Waals surface area contributed by atoms with E-state index in [9.17, 15) is 5.11 Å². The second-order valence-corrected chi connectivity index (χ2v) is 6.85. The molecule has 0 radical (unpaired) electrons. The summed E-state index contributed by atoms with van der Waals surface area (Å²) in [4.78, 5) is 4.03. The van der Waals surface area contributed by atoms with E-state index in [2.05, 4.69) is 11.6 Å². The summed E-state index contributed by atoms with van der Waals surface area (Å²) in [5.74, 6) is 0. The number of halogens is 3. The summed E-state index contributed by atoms with van der Waals surface area (Å²) in [5, 5.41) is 12.8. The molecule has 3 aromatic rings. The van der Waals surface area contributed by atoms with Gasteiger partial charge in [-0.05, 0) is 23.3 Å². The van der Waals surface area contributed by atoms with Crippen LogP contribution in [-0.2, 0) is 12.1 Å². The van der Waals surface area contributed by atoms with Crippen LogP contribution in [0.2, 0.25) is 15.1 Å². The summed E-state index contributed by atoms with van der Waals surface area (Å²) in [5.41, 5.74) is 0.00676. The molecular formula is C19H15Cl3N2O. The van der Waals surface area contributed by atoms with Crippen LogP contribution in [-0.4, -0.2) is 14.7 Å². The number of aliphatic hydroxyl groups is 1. The Kier molecular flexibility index (Phi) is 5.21. The third-order valence-electron chi connectivity index (χ3n) is 4.07. The predicted molar refractivity (Wildman–Crippen MR) is 103 cm³/mol. The van der Waals surface area contributed by atoms with Crippen molar-refractivity contribution >= 4 is 40.4 Å². The van der Waals surface area contributed by atoms with Gasteiger partial charge < -0.3 is 9.67 Å². The first kappa shape index (κ1) is 18.0. The molecule has 1 aromatic heterocycles. The van der Waals surface area contributed by atoms with Gasteiger partial charge in [-0.25, -0.2) is 4.98 Å². The summed E-state index contributed by atoms with van der Waals surface area (Å²) in [6.07, 6.45) is 5.00. The molecule has 0 bridgehead atoms. The van der Waals surface area contributed by atoms with Crippen molar-refractivity contribution in [1.82, 2.24) is 9.55 Å². The minimum Gasteiger partial charge on any atom is -0.378 e. The smallest absolute Gasteiger partial charge is 0.134 e. The molecule has 0 fully saturated rings. The normalized spacial score (nSPS) is 13.4. The first-order chi connectivity index (χ1) is 11.9. The largest absolute Gasteiger partial charge is 0.378 e. The molecule has 2 aromatic carbocycles. The summed E-state index contributed by atoms with van der Waals surface area (Å²) in [7, 11) is 0. The van der Waals surface area contributed by atoms with E-state index in [0.717, 1.165) is 0 Å². The van der Waals surface area contributed by atoms with Crippen LogP contribution in [0.1, 0.15) is 11.1 Å². The third-order valence-corrected chi connectivity index (χ3v) is 5.21. The lowest BCUT2D eigenvalue weighted by atomic mass is 9.83. The van der Waals surface area contributed by atoms with Crippen LogP contribution >= 0.6 is 34.8 Å². The van der Waals surface area contributed by atoms with Crippen molar-refractivity contribution in [1.29, 1.82) is 0 Å². The summed E-state index contributed by atoms with van der Waals surface area (Å²) < 4.78 is 1.75. The summed E-state index contributed by atoms with van der Waals surface area (Å²) in [6.45, 7) is 4.28. The van der Waals surface area contributed by atoms with Crippen molar-refractivity contribution in [2.24, 2.45) is 0 Å². The average Bonchev–Trinajstić information content (AvgIpc) is 3.09. The van der Waals surface area contributed by atoms with Gasteiger partial charge in [0.25, 0.3) is 0 Å². The Morgan fingerprint density at radius 1 is 1.08 bits per heavy atom. The molecule has 1 N–H and O–H groups in total. The Morgan fingerprint density at radius 2 is 1.80 bits per heavy atom. The highest BCUT2D eigenvalue weighted by atomic mass is 35.5. The number of aromatic nitrogens is 2. The van der Waals surface area contributed by atoms with Gasteiger partial charge in [0, 0.05) is 23.0 Å². The zero-order valence-corrected chi connectivity index (χ0v) is 15.4. The number of hydrogen-bond donors (Lipinski definition) is 1. The maximum Gasteiger partial charge on any atom is 0.134 e. The van der Waals surface area contributed by atoms with E-state index in [4.69, 9.17) is 34.8 Å². The SMILES string of the molecule is C=C(c1ccccc1Cl)C(O)(Cn1ccnc1)c1cccc(Cl)c1Cl. The Hall–Kier alpha value is -1.78. The second-order valence-electron chi connectivity index (χ2n) is 5.66. The molecule has 0 aliphatic heterocycles. The Labute approximate surface area is 161 Å². The summed E-state index contributed by atoms with van der Waals surface area (Å²) >= 11 is 18.9. The topological polar surface area (TPSA) is 38.0 Å². The molecule has 0 aliphatic carbocycles. The van der Waals surface area contributed by atoms with Gasteiger partial charge in [-0.1, -0.05) is 71.7 Å². The van der Waals surface area contributed by atoms with Gasteiger partial charge in [0.05, 0.1) is 22.9 Å². The molecule has 3 rings (SSSR count). The van der Waals surface area contributed by atoms with E-state index in [1.807, 2.05) is 18.2 Å². The first-order valence-corrected chi connectivity index (χ1v) is 8.64. The van der Waals surface area contributed by atoms with E-state index >= 15 is 0 Å². The Morgan fingerprint density at radius 3 is 2.48 bits per heavy atom. The van der Waals surface area contributed by atoms with Gasteiger partial charge in [0.1, 0.15) is 5.60 Å². The van der Waals surface area contributed by atoms with Crippen molar-refractivity contribution in [2.45, 2.75) is 12.1 Å². The van der Waals surface area contributed by atoms with Crippen LogP contribution in [0.5, 0.6) is 0 Å². The monoisotopic (exact) mass is 392 g/mol. The highest BCUT2D eigenvalue weighted by molar-refractivity contribution is 6.42. The number of benzene rings is 2. The van der Waals surface area contributed by atoms with Gasteiger partial charge in [-0.15, -0.1) is 0 Å². The maximum atomic E-state index is 11.7. The Balaban J connectivity index is 2.17. The fraction of sp³-hybridized carbons (Fsp3) is 0.105. The fourth-order valence-corrected chi connectivity index (χ4v) is 3.45. The molecule has 128 valence electrons. The molecule has 6 heteroatoms. The van der Waals surface area contributed by atoms with Crippen LogP contribution in [0.4, 0.5) is 0 Å². The molecule has 0 amide bonds. The average molecular weight is 394 g/mol. The molecule has 0 saturated heterocycles. The van der Waals surface area contributed by atoms with Gasteiger partial charge in [0.2, 0.25) is 0 Å². The Bertz CT molecular complexity index is 909. The fourth-order valence-electron chi connectivity index (χ4n) is 2.74. The lowest BCUT2D eigenvalue weighted by Crippen LogP contribution is -2.33. The molecule has 0 saturated carbocycles. The molecule has 1 atom stereocenters. The second kappa shape index (κ2) is 7.22. The zero-order chi connectivity index (χ0) is 18.0. The van der Waals surface area contributed by atoms with Crippen LogP contribution in [0.3, 0.4) is 0 Å². The van der Waals surface area contributed by atoms with Gasteiger partial charge in [-0.2, -0.15) is 0 Å². The highest BCUT2D eigenvalue weighted by Gasteiger charge is 2.37. The van der Waals surface area contributed by atoms with E-state index in [1.54, 1.807) is 47.6 Å².